The van der Waals surface area contributed by atoms with Crippen LogP contribution in [0.5, 0.6) is 5.75 Å². The Morgan fingerprint density at radius 1 is 1.37 bits per heavy atom. The molecule has 3 unspecified atom stereocenters. The number of halogens is 1. The predicted molar refractivity (Wildman–Crippen MR) is 116 cm³/mol. The molecule has 0 spiro atoms. The first-order valence-electron chi connectivity index (χ1n) is 9.10. The van der Waals surface area contributed by atoms with Crippen LogP contribution in [0, 0.1) is 16.0 Å². The second kappa shape index (κ2) is 9.34. The van der Waals surface area contributed by atoms with Crippen molar-refractivity contribution in [2.75, 3.05) is 11.1 Å². The number of nitrogens with one attached hydrogen (secondary N) is 1. The molecule has 30 heavy (non-hydrogen) atoms. The lowest BCUT2D eigenvalue weighted by atomic mass is 9.90. The molecule has 1 aliphatic rings. The molecule has 0 saturated heterocycles. The van der Waals surface area contributed by atoms with E-state index in [2.05, 4.69) is 21.2 Å². The van der Waals surface area contributed by atoms with E-state index < -0.39 is 39.2 Å². The quantitative estimate of drug-likeness (QED) is 0.268. The molecule has 0 fully saturated rings. The molecular formula is C19H23BrN2O7S. The molecular weight excluding hydrogens is 480 g/mol. The van der Waals surface area contributed by atoms with Crippen LogP contribution in [-0.2, 0) is 19.1 Å². The van der Waals surface area contributed by atoms with Gasteiger partial charge in [-0.25, -0.2) is 0 Å². The maximum absolute atomic E-state index is 12.6. The van der Waals surface area contributed by atoms with Crippen molar-refractivity contribution in [2.45, 2.75) is 51.2 Å². The zero-order valence-electron chi connectivity index (χ0n) is 17.2. The van der Waals surface area contributed by atoms with Crippen LogP contribution in [0.15, 0.2) is 12.1 Å². The minimum Gasteiger partial charge on any atom is -0.486 e. The fourth-order valence-corrected chi connectivity index (χ4v) is 3.98. The Morgan fingerprint density at radius 2 is 2.00 bits per heavy atom. The topological polar surface area (TPSA) is 125 Å². The number of carbonyl (C=O) groups excluding carboxylic acids is 3. The normalized spacial score (nSPS) is 20.3. The summed E-state index contributed by atoms with van der Waals surface area (Å²) < 4.78 is 11.7. The Morgan fingerprint density at radius 3 is 2.53 bits per heavy atom. The Bertz CT molecular complexity index is 890. The third-order valence-corrected chi connectivity index (χ3v) is 7.08. The number of nitro groups is 1. The molecule has 9 nitrogen and oxygen atoms in total. The number of fused-ring (bicyclic) bond motifs is 1. The SMILES string of the molecule is CC(=O)Nc1cc2c(cc1[N+](=O)[O-])C(OC(=O)C(C)CSC(C)=O)C(Br)C(C)(C)O2. The van der Waals surface area contributed by atoms with E-state index in [1.54, 1.807) is 20.8 Å². The smallest absolute Gasteiger partial charge is 0.310 e. The summed E-state index contributed by atoms with van der Waals surface area (Å²) in [7, 11) is 0. The van der Waals surface area contributed by atoms with Crippen molar-refractivity contribution in [3.63, 3.8) is 0 Å². The van der Waals surface area contributed by atoms with Crippen molar-refractivity contribution < 1.29 is 28.8 Å². The number of benzene rings is 1. The lowest BCUT2D eigenvalue weighted by molar-refractivity contribution is -0.384. The van der Waals surface area contributed by atoms with Crippen molar-refractivity contribution >= 4 is 56.1 Å². The number of ether oxygens (including phenoxy) is 2. The minimum atomic E-state index is -0.869. The summed E-state index contributed by atoms with van der Waals surface area (Å²) in [4.78, 5) is 45.7. The number of alkyl halides is 1. The van der Waals surface area contributed by atoms with Gasteiger partial charge in [-0.1, -0.05) is 34.6 Å². The van der Waals surface area contributed by atoms with Crippen molar-refractivity contribution in [2.24, 2.45) is 5.92 Å². The summed E-state index contributed by atoms with van der Waals surface area (Å²) >= 11 is 4.53. The highest BCUT2D eigenvalue weighted by Gasteiger charge is 2.46. The molecule has 1 N–H and O–H groups in total. The maximum atomic E-state index is 12.6. The fourth-order valence-electron chi connectivity index (χ4n) is 2.87. The highest BCUT2D eigenvalue weighted by atomic mass is 79.9. The van der Waals surface area contributed by atoms with Crippen LogP contribution in [-0.4, -0.2) is 38.1 Å². The molecule has 1 aromatic carbocycles. The number of nitrogens with zero attached hydrogens (tertiary/aromatic N) is 1. The van der Waals surface area contributed by atoms with E-state index in [9.17, 15) is 24.5 Å². The molecule has 1 heterocycles. The van der Waals surface area contributed by atoms with E-state index >= 15 is 0 Å². The number of rotatable bonds is 6. The van der Waals surface area contributed by atoms with Gasteiger partial charge in [-0.05, 0) is 13.8 Å². The van der Waals surface area contributed by atoms with Gasteiger partial charge in [0.05, 0.1) is 15.7 Å². The fraction of sp³-hybridized carbons (Fsp3) is 0.526. The molecule has 164 valence electrons. The molecule has 0 aliphatic carbocycles. The summed E-state index contributed by atoms with van der Waals surface area (Å²) in [6.45, 7) is 7.87. The molecule has 0 saturated carbocycles. The first kappa shape index (κ1) is 24.1. The summed E-state index contributed by atoms with van der Waals surface area (Å²) in [5, 5.41) is 13.9. The third kappa shape index (κ3) is 5.51. The molecule has 1 aliphatic heterocycles. The standard InChI is InChI=1S/C19H23BrN2O7S/c1-9(8-30-11(3)24)18(25)28-16-12-6-14(22(26)27)13(21-10(2)23)7-15(12)29-19(4,5)17(16)20/h6-7,9,16-17H,8H2,1-5H3,(H,21,23). The van der Waals surface area contributed by atoms with Crippen LogP contribution < -0.4 is 10.1 Å². The zero-order valence-corrected chi connectivity index (χ0v) is 19.6. The summed E-state index contributed by atoms with van der Waals surface area (Å²) in [6, 6.07) is 2.61. The number of hydrogen-bond acceptors (Lipinski definition) is 8. The van der Waals surface area contributed by atoms with Crippen LogP contribution in [0.1, 0.15) is 46.3 Å². The average Bonchev–Trinajstić information content (AvgIpc) is 2.61. The van der Waals surface area contributed by atoms with Gasteiger partial charge < -0.3 is 14.8 Å². The van der Waals surface area contributed by atoms with Gasteiger partial charge >= 0.3 is 5.97 Å². The molecule has 0 radical (unpaired) electrons. The van der Waals surface area contributed by atoms with E-state index in [0.717, 1.165) is 11.8 Å². The highest BCUT2D eigenvalue weighted by molar-refractivity contribution is 9.09. The van der Waals surface area contributed by atoms with Crippen LogP contribution >= 0.6 is 27.7 Å². The number of hydrogen-bond donors (Lipinski definition) is 1. The largest absolute Gasteiger partial charge is 0.486 e. The highest BCUT2D eigenvalue weighted by Crippen LogP contribution is 2.48. The Labute approximate surface area is 186 Å². The average molecular weight is 503 g/mol. The zero-order chi connectivity index (χ0) is 22.8. The lowest BCUT2D eigenvalue weighted by Gasteiger charge is -2.41. The van der Waals surface area contributed by atoms with Crippen molar-refractivity contribution in [3.8, 4) is 5.75 Å². The van der Waals surface area contributed by atoms with Gasteiger partial charge in [0.1, 0.15) is 23.1 Å². The second-order valence-corrected chi connectivity index (χ2v) is 9.70. The molecule has 3 atom stereocenters. The number of carbonyl (C=O) groups is 3. The minimum absolute atomic E-state index is 0.00799. The summed E-state index contributed by atoms with van der Waals surface area (Å²) in [6.07, 6.45) is -0.869. The third-order valence-electron chi connectivity index (χ3n) is 4.43. The lowest BCUT2D eigenvalue weighted by Crippen LogP contribution is -2.47. The number of nitro benzene ring substituents is 1. The van der Waals surface area contributed by atoms with Gasteiger partial charge in [0.2, 0.25) is 5.91 Å². The second-order valence-electron chi connectivity index (χ2n) is 7.51. The number of thioether (sulfide) groups is 1. The van der Waals surface area contributed by atoms with Crippen molar-refractivity contribution in [1.29, 1.82) is 0 Å². The summed E-state index contributed by atoms with van der Waals surface area (Å²) in [5.74, 6) is -1.01. The van der Waals surface area contributed by atoms with E-state index in [0.29, 0.717) is 5.56 Å². The van der Waals surface area contributed by atoms with Crippen molar-refractivity contribution in [1.82, 2.24) is 0 Å². The first-order chi connectivity index (χ1) is 13.8. The molecule has 1 aromatic rings. The van der Waals surface area contributed by atoms with E-state index in [4.69, 9.17) is 9.47 Å². The molecule has 11 heteroatoms. The van der Waals surface area contributed by atoms with Gasteiger partial charge in [-0.15, -0.1) is 0 Å². The van der Waals surface area contributed by atoms with Gasteiger partial charge in [-0.2, -0.15) is 0 Å². The predicted octanol–water partition coefficient (Wildman–Crippen LogP) is 3.99. The van der Waals surface area contributed by atoms with Gasteiger partial charge in [0.15, 0.2) is 5.12 Å². The van der Waals surface area contributed by atoms with Crippen LogP contribution in [0.2, 0.25) is 0 Å². The monoisotopic (exact) mass is 502 g/mol. The van der Waals surface area contributed by atoms with Crippen molar-refractivity contribution in [3.05, 3.63) is 27.8 Å². The molecule has 2 rings (SSSR count). The molecule has 0 aromatic heterocycles. The Hall–Kier alpha value is -2.14. The number of amides is 1. The van der Waals surface area contributed by atoms with Crippen LogP contribution in [0.3, 0.4) is 0 Å². The van der Waals surface area contributed by atoms with Gasteiger partial charge in [0.25, 0.3) is 5.69 Å². The first-order valence-corrected chi connectivity index (χ1v) is 11.0. The maximum Gasteiger partial charge on any atom is 0.310 e. The van der Waals surface area contributed by atoms with Gasteiger partial charge in [0, 0.05) is 37.3 Å². The Kier molecular flexibility index (Phi) is 7.51. The van der Waals surface area contributed by atoms with E-state index in [-0.39, 0.29) is 28.0 Å². The van der Waals surface area contributed by atoms with Crippen LogP contribution in [0.4, 0.5) is 11.4 Å². The number of anilines is 1. The van der Waals surface area contributed by atoms with Gasteiger partial charge in [-0.3, -0.25) is 24.5 Å². The molecule has 1 amide bonds. The van der Waals surface area contributed by atoms with E-state index in [1.165, 1.54) is 26.0 Å². The molecule has 0 bridgehead atoms. The van der Waals surface area contributed by atoms with E-state index in [1.807, 2.05) is 0 Å². The van der Waals surface area contributed by atoms with Crippen LogP contribution in [0.25, 0.3) is 0 Å². The number of esters is 1. The summed E-state index contributed by atoms with van der Waals surface area (Å²) in [5.41, 5.74) is -0.852. The Balaban J connectivity index is 2.45.